The molecule has 2 N–H and O–H groups in total. The van der Waals surface area contributed by atoms with Crippen LogP contribution in [0.1, 0.15) is 6.92 Å². The van der Waals surface area contributed by atoms with Crippen LogP contribution in [0.5, 0.6) is 11.5 Å². The number of benzene rings is 2. The molecule has 0 bridgehead atoms. The second-order valence-electron chi connectivity index (χ2n) is 5.09. The molecule has 0 heterocycles. The third-order valence-corrected chi connectivity index (χ3v) is 4.19. The average Bonchev–Trinajstić information content (AvgIpc) is 2.60. The molecule has 0 aliphatic rings. The molecule has 0 saturated carbocycles. The van der Waals surface area contributed by atoms with Crippen LogP contribution in [0.4, 0.5) is 0 Å². The second kappa shape index (κ2) is 9.66. The molecule has 2 amide bonds. The Hall–Kier alpha value is -1.96. The van der Waals surface area contributed by atoms with Crippen LogP contribution >= 0.6 is 39.1 Å². The molecule has 2 rings (SSSR count). The maximum absolute atomic E-state index is 12.0. The number of carbonyl (C=O) groups excluding carboxylic acids is 2. The van der Waals surface area contributed by atoms with Crippen LogP contribution < -0.4 is 20.3 Å². The van der Waals surface area contributed by atoms with Gasteiger partial charge in [-0.05, 0) is 37.3 Å². The lowest BCUT2D eigenvalue weighted by atomic mass is 10.3. The molecular formula is C17H15BrCl2N2O4. The minimum absolute atomic E-state index is 0.318. The Morgan fingerprint density at radius 2 is 1.81 bits per heavy atom. The molecule has 9 heteroatoms. The highest BCUT2D eigenvalue weighted by atomic mass is 79.9. The second-order valence-corrected chi connectivity index (χ2v) is 6.82. The maximum Gasteiger partial charge on any atom is 0.279 e. The fraction of sp³-hybridized carbons (Fsp3) is 0.176. The monoisotopic (exact) mass is 460 g/mol. The van der Waals surface area contributed by atoms with Gasteiger partial charge < -0.3 is 9.47 Å². The SMILES string of the molecule is CC(Oc1ccccc1Cl)C(=O)NNC(=O)COc1ccc(Br)cc1Cl. The van der Waals surface area contributed by atoms with Crippen molar-refractivity contribution in [1.29, 1.82) is 0 Å². The first-order valence-electron chi connectivity index (χ1n) is 7.44. The molecule has 2 aromatic carbocycles. The first kappa shape index (κ1) is 20.4. The van der Waals surface area contributed by atoms with Crippen molar-refractivity contribution < 1.29 is 19.1 Å². The van der Waals surface area contributed by atoms with E-state index in [1.165, 1.54) is 6.92 Å². The van der Waals surface area contributed by atoms with Gasteiger partial charge in [-0.15, -0.1) is 0 Å². The Balaban J connectivity index is 1.77. The molecule has 0 fully saturated rings. The zero-order valence-corrected chi connectivity index (χ0v) is 16.7. The van der Waals surface area contributed by atoms with Gasteiger partial charge in [0.15, 0.2) is 12.7 Å². The van der Waals surface area contributed by atoms with E-state index in [9.17, 15) is 9.59 Å². The summed E-state index contributed by atoms with van der Waals surface area (Å²) in [7, 11) is 0. The number of hydrogen-bond donors (Lipinski definition) is 2. The van der Waals surface area contributed by atoms with Gasteiger partial charge in [-0.3, -0.25) is 20.4 Å². The summed E-state index contributed by atoms with van der Waals surface area (Å²) in [6.07, 6.45) is -0.864. The van der Waals surface area contributed by atoms with Crippen LogP contribution in [0.3, 0.4) is 0 Å². The number of amides is 2. The summed E-state index contributed by atoms with van der Waals surface area (Å²) >= 11 is 15.2. The number of para-hydroxylation sites is 1. The van der Waals surface area contributed by atoms with Gasteiger partial charge >= 0.3 is 0 Å². The lowest BCUT2D eigenvalue weighted by molar-refractivity contribution is -0.133. The molecule has 0 radical (unpaired) electrons. The molecule has 0 aliphatic heterocycles. The number of halogens is 3. The zero-order valence-electron chi connectivity index (χ0n) is 13.6. The molecule has 0 spiro atoms. The summed E-state index contributed by atoms with van der Waals surface area (Å²) in [6.45, 7) is 1.21. The van der Waals surface area contributed by atoms with Crippen molar-refractivity contribution in [2.75, 3.05) is 6.61 Å². The maximum atomic E-state index is 12.0. The van der Waals surface area contributed by atoms with E-state index in [0.717, 1.165) is 4.47 Å². The highest BCUT2D eigenvalue weighted by molar-refractivity contribution is 9.10. The standard InChI is InChI=1S/C17H15BrCl2N2O4/c1-10(26-15-5-3-2-4-12(15)19)17(24)22-21-16(23)9-25-14-7-6-11(18)8-13(14)20/h2-8,10H,9H2,1H3,(H,21,23)(H,22,24). The molecule has 6 nitrogen and oxygen atoms in total. The van der Waals surface area contributed by atoms with Crippen molar-refractivity contribution in [1.82, 2.24) is 10.9 Å². The summed E-state index contributed by atoms with van der Waals surface area (Å²) in [4.78, 5) is 23.7. The van der Waals surface area contributed by atoms with Gasteiger partial charge in [-0.25, -0.2) is 0 Å². The van der Waals surface area contributed by atoms with Gasteiger partial charge in [0.1, 0.15) is 11.5 Å². The van der Waals surface area contributed by atoms with Crippen molar-refractivity contribution in [3.63, 3.8) is 0 Å². The van der Waals surface area contributed by atoms with Crippen LogP contribution in [0.15, 0.2) is 46.9 Å². The van der Waals surface area contributed by atoms with Crippen LogP contribution in [0.2, 0.25) is 10.0 Å². The Kier molecular flexibility index (Phi) is 7.56. The Labute approximate surface area is 168 Å². The Morgan fingerprint density at radius 1 is 1.08 bits per heavy atom. The van der Waals surface area contributed by atoms with E-state index in [1.54, 1.807) is 42.5 Å². The van der Waals surface area contributed by atoms with Gasteiger partial charge in [0.2, 0.25) is 0 Å². The molecule has 2 aromatic rings. The molecule has 0 saturated heterocycles. The molecule has 1 unspecified atom stereocenters. The first-order valence-corrected chi connectivity index (χ1v) is 8.99. The number of hydrogen-bond acceptors (Lipinski definition) is 4. The summed E-state index contributed by atoms with van der Waals surface area (Å²) < 4.78 is 11.5. The highest BCUT2D eigenvalue weighted by Crippen LogP contribution is 2.27. The Bertz CT molecular complexity index is 804. The van der Waals surface area contributed by atoms with Gasteiger partial charge in [0.25, 0.3) is 11.8 Å². The predicted molar refractivity (Wildman–Crippen MR) is 102 cm³/mol. The fourth-order valence-corrected chi connectivity index (χ4v) is 2.70. The minimum atomic E-state index is -0.864. The average molecular weight is 462 g/mol. The van der Waals surface area contributed by atoms with Gasteiger partial charge in [0, 0.05) is 4.47 Å². The van der Waals surface area contributed by atoms with E-state index in [1.807, 2.05) is 0 Å². The molecule has 26 heavy (non-hydrogen) atoms. The fourth-order valence-electron chi connectivity index (χ4n) is 1.79. The zero-order chi connectivity index (χ0) is 19.1. The van der Waals surface area contributed by atoms with E-state index in [0.29, 0.717) is 21.5 Å². The Morgan fingerprint density at radius 3 is 2.50 bits per heavy atom. The van der Waals surface area contributed by atoms with Crippen molar-refractivity contribution in [3.05, 3.63) is 57.0 Å². The lowest BCUT2D eigenvalue weighted by Gasteiger charge is -2.16. The van der Waals surface area contributed by atoms with Crippen molar-refractivity contribution in [3.8, 4) is 11.5 Å². The predicted octanol–water partition coefficient (Wildman–Crippen LogP) is 3.75. The molecule has 1 atom stereocenters. The lowest BCUT2D eigenvalue weighted by Crippen LogP contribution is -2.48. The summed E-state index contributed by atoms with van der Waals surface area (Å²) in [6, 6.07) is 11.8. The minimum Gasteiger partial charge on any atom is -0.482 e. The molecular weight excluding hydrogens is 447 g/mol. The van der Waals surface area contributed by atoms with Gasteiger partial charge in [0.05, 0.1) is 10.0 Å². The largest absolute Gasteiger partial charge is 0.482 e. The number of carbonyl (C=O) groups is 2. The normalized spacial score (nSPS) is 11.4. The van der Waals surface area contributed by atoms with E-state index in [-0.39, 0.29) is 6.61 Å². The third-order valence-electron chi connectivity index (χ3n) is 3.09. The van der Waals surface area contributed by atoms with Gasteiger partial charge in [-0.2, -0.15) is 0 Å². The van der Waals surface area contributed by atoms with Crippen LogP contribution in [0, 0.1) is 0 Å². The quantitative estimate of drug-likeness (QED) is 0.642. The first-order chi connectivity index (χ1) is 12.4. The van der Waals surface area contributed by atoms with E-state index < -0.39 is 17.9 Å². The van der Waals surface area contributed by atoms with Gasteiger partial charge in [-0.1, -0.05) is 51.3 Å². The molecule has 0 aliphatic carbocycles. The van der Waals surface area contributed by atoms with E-state index in [2.05, 4.69) is 26.8 Å². The summed E-state index contributed by atoms with van der Waals surface area (Å²) in [5.41, 5.74) is 4.49. The number of ether oxygens (including phenoxy) is 2. The van der Waals surface area contributed by atoms with Crippen molar-refractivity contribution in [2.24, 2.45) is 0 Å². The van der Waals surface area contributed by atoms with Crippen molar-refractivity contribution >= 4 is 50.9 Å². The van der Waals surface area contributed by atoms with Crippen LogP contribution in [-0.2, 0) is 9.59 Å². The summed E-state index contributed by atoms with van der Waals surface area (Å²) in [5, 5.41) is 0.744. The number of rotatable bonds is 6. The molecule has 0 aromatic heterocycles. The van der Waals surface area contributed by atoms with E-state index >= 15 is 0 Å². The van der Waals surface area contributed by atoms with Crippen molar-refractivity contribution in [2.45, 2.75) is 13.0 Å². The number of nitrogens with one attached hydrogen (secondary N) is 2. The van der Waals surface area contributed by atoms with E-state index in [4.69, 9.17) is 32.7 Å². The topological polar surface area (TPSA) is 76.7 Å². The highest BCUT2D eigenvalue weighted by Gasteiger charge is 2.17. The van der Waals surface area contributed by atoms with Crippen LogP contribution in [0.25, 0.3) is 0 Å². The third kappa shape index (κ3) is 6.09. The van der Waals surface area contributed by atoms with Crippen LogP contribution in [-0.4, -0.2) is 24.5 Å². The summed E-state index contributed by atoms with van der Waals surface area (Å²) in [5.74, 6) is -0.370. The smallest absolute Gasteiger partial charge is 0.279 e. The molecule has 138 valence electrons. The number of hydrazine groups is 1.